The van der Waals surface area contributed by atoms with E-state index in [1.165, 1.54) is 25.7 Å². The highest BCUT2D eigenvalue weighted by Gasteiger charge is 2.08. The van der Waals surface area contributed by atoms with Crippen LogP contribution in [0.25, 0.3) is 0 Å². The normalized spacial score (nSPS) is 12.0. The van der Waals surface area contributed by atoms with E-state index in [1.54, 1.807) is 0 Å². The van der Waals surface area contributed by atoms with Gasteiger partial charge in [0.25, 0.3) is 0 Å². The van der Waals surface area contributed by atoms with Gasteiger partial charge in [-0.25, -0.2) is 0 Å². The molecule has 0 aromatic carbocycles. The first-order chi connectivity index (χ1) is 7.06. The van der Waals surface area contributed by atoms with Crippen molar-refractivity contribution in [2.75, 3.05) is 26.8 Å². The average molecular weight is 215 g/mol. The molecule has 0 aliphatic carbocycles. The molecule has 1 N–H and O–H groups in total. The fourth-order valence-electron chi connectivity index (χ4n) is 1.34. The Morgan fingerprint density at radius 3 is 2.20 bits per heavy atom. The van der Waals surface area contributed by atoms with Gasteiger partial charge in [-0.3, -0.25) is 0 Å². The van der Waals surface area contributed by atoms with Crippen LogP contribution in [0.5, 0.6) is 0 Å². The standard InChI is InChI=1S/C13H29NO/c1-13(2,3)9-12-15-11-8-6-5-7-10-14-4/h14H,5-12H2,1-4H3. The van der Waals surface area contributed by atoms with Crippen LogP contribution in [0.4, 0.5) is 0 Å². The van der Waals surface area contributed by atoms with Gasteiger partial charge in [-0.2, -0.15) is 0 Å². The highest BCUT2D eigenvalue weighted by molar-refractivity contribution is 4.59. The summed E-state index contributed by atoms with van der Waals surface area (Å²) in [6, 6.07) is 0. The summed E-state index contributed by atoms with van der Waals surface area (Å²) in [6.07, 6.45) is 6.29. The third kappa shape index (κ3) is 13.9. The Bertz CT molecular complexity index is 129. The van der Waals surface area contributed by atoms with Crippen molar-refractivity contribution < 1.29 is 4.74 Å². The summed E-state index contributed by atoms with van der Waals surface area (Å²) in [4.78, 5) is 0. The molecule has 0 aromatic heterocycles. The van der Waals surface area contributed by atoms with Gasteiger partial charge in [0, 0.05) is 13.2 Å². The van der Waals surface area contributed by atoms with Crippen molar-refractivity contribution >= 4 is 0 Å². The Labute approximate surface area is 95.8 Å². The van der Waals surface area contributed by atoms with E-state index in [-0.39, 0.29) is 0 Å². The van der Waals surface area contributed by atoms with E-state index < -0.39 is 0 Å². The third-order valence-corrected chi connectivity index (χ3v) is 2.46. The summed E-state index contributed by atoms with van der Waals surface area (Å²) in [6.45, 7) is 9.77. The molecule has 0 saturated carbocycles. The van der Waals surface area contributed by atoms with Gasteiger partial charge in [0.05, 0.1) is 0 Å². The molecule has 0 atom stereocenters. The summed E-state index contributed by atoms with van der Waals surface area (Å²) in [5.74, 6) is 0. The molecule has 0 radical (unpaired) electrons. The number of ether oxygens (including phenoxy) is 1. The molecule has 0 bridgehead atoms. The van der Waals surface area contributed by atoms with Gasteiger partial charge in [0.2, 0.25) is 0 Å². The van der Waals surface area contributed by atoms with Crippen molar-refractivity contribution in [1.82, 2.24) is 5.32 Å². The molecule has 0 fully saturated rings. The fourth-order valence-corrected chi connectivity index (χ4v) is 1.34. The van der Waals surface area contributed by atoms with Crippen LogP contribution in [0.3, 0.4) is 0 Å². The van der Waals surface area contributed by atoms with Crippen LogP contribution in [0.2, 0.25) is 0 Å². The van der Waals surface area contributed by atoms with Crippen LogP contribution in [-0.4, -0.2) is 26.8 Å². The zero-order valence-corrected chi connectivity index (χ0v) is 11.1. The molecule has 0 saturated heterocycles. The Hall–Kier alpha value is -0.0800. The van der Waals surface area contributed by atoms with E-state index >= 15 is 0 Å². The van der Waals surface area contributed by atoms with Crippen LogP contribution in [-0.2, 0) is 4.74 Å². The molecule has 0 aliphatic rings. The Balaban J connectivity index is 2.99. The SMILES string of the molecule is CNCCCCCCOCCC(C)(C)C. The van der Waals surface area contributed by atoms with Crippen molar-refractivity contribution in [3.05, 3.63) is 0 Å². The van der Waals surface area contributed by atoms with Gasteiger partial charge in [-0.05, 0) is 38.3 Å². The van der Waals surface area contributed by atoms with E-state index in [0.29, 0.717) is 5.41 Å². The van der Waals surface area contributed by atoms with Crippen LogP contribution >= 0.6 is 0 Å². The first-order valence-electron chi connectivity index (χ1n) is 6.28. The highest BCUT2D eigenvalue weighted by Crippen LogP contribution is 2.17. The summed E-state index contributed by atoms with van der Waals surface area (Å²) in [7, 11) is 2.01. The molecular formula is C13H29NO. The molecule has 0 unspecified atom stereocenters. The van der Waals surface area contributed by atoms with Gasteiger partial charge >= 0.3 is 0 Å². The summed E-state index contributed by atoms with van der Waals surface area (Å²) >= 11 is 0. The first kappa shape index (κ1) is 14.9. The quantitative estimate of drug-likeness (QED) is 0.596. The van der Waals surface area contributed by atoms with E-state index in [9.17, 15) is 0 Å². The maximum Gasteiger partial charge on any atom is 0.0471 e. The smallest absolute Gasteiger partial charge is 0.0471 e. The number of nitrogens with one attached hydrogen (secondary N) is 1. The molecule has 2 heteroatoms. The van der Waals surface area contributed by atoms with Crippen LogP contribution < -0.4 is 5.32 Å². The van der Waals surface area contributed by atoms with Crippen LogP contribution in [0, 0.1) is 5.41 Å². The first-order valence-corrected chi connectivity index (χ1v) is 6.28. The molecule has 92 valence electrons. The second-order valence-corrected chi connectivity index (χ2v) is 5.44. The van der Waals surface area contributed by atoms with Gasteiger partial charge < -0.3 is 10.1 Å². The molecule has 0 heterocycles. The lowest BCUT2D eigenvalue weighted by molar-refractivity contribution is 0.105. The Morgan fingerprint density at radius 2 is 1.60 bits per heavy atom. The summed E-state index contributed by atoms with van der Waals surface area (Å²) < 4.78 is 5.60. The van der Waals surface area contributed by atoms with Crippen molar-refractivity contribution in [2.24, 2.45) is 5.41 Å². The topological polar surface area (TPSA) is 21.3 Å². The van der Waals surface area contributed by atoms with Gasteiger partial charge in [0.15, 0.2) is 0 Å². The minimum absolute atomic E-state index is 0.410. The zero-order chi connectivity index (χ0) is 11.6. The maximum atomic E-state index is 5.60. The van der Waals surface area contributed by atoms with E-state index in [2.05, 4.69) is 26.1 Å². The van der Waals surface area contributed by atoms with Crippen LogP contribution in [0.1, 0.15) is 52.9 Å². The van der Waals surface area contributed by atoms with Gasteiger partial charge in [-0.1, -0.05) is 33.6 Å². The van der Waals surface area contributed by atoms with E-state index in [1.807, 2.05) is 7.05 Å². The zero-order valence-electron chi connectivity index (χ0n) is 11.1. The minimum Gasteiger partial charge on any atom is -0.381 e. The molecule has 0 rings (SSSR count). The maximum absolute atomic E-state index is 5.60. The van der Waals surface area contributed by atoms with E-state index in [4.69, 9.17) is 4.74 Å². The molecule has 15 heavy (non-hydrogen) atoms. The van der Waals surface area contributed by atoms with Gasteiger partial charge in [0.1, 0.15) is 0 Å². The highest BCUT2D eigenvalue weighted by atomic mass is 16.5. The number of rotatable bonds is 9. The lowest BCUT2D eigenvalue weighted by atomic mass is 9.93. The second kappa shape index (κ2) is 9.17. The molecule has 0 spiro atoms. The lowest BCUT2D eigenvalue weighted by Gasteiger charge is -2.17. The minimum atomic E-state index is 0.410. The number of unbranched alkanes of at least 4 members (excludes halogenated alkanes) is 3. The lowest BCUT2D eigenvalue weighted by Crippen LogP contribution is -2.10. The number of hydrogen-bond donors (Lipinski definition) is 1. The predicted molar refractivity (Wildman–Crippen MR) is 67.3 cm³/mol. The molecule has 0 aliphatic heterocycles. The molecule has 0 amide bonds. The third-order valence-electron chi connectivity index (χ3n) is 2.46. The number of hydrogen-bond acceptors (Lipinski definition) is 2. The molecular weight excluding hydrogens is 186 g/mol. The van der Waals surface area contributed by atoms with Crippen molar-refractivity contribution in [1.29, 1.82) is 0 Å². The average Bonchev–Trinajstić information content (AvgIpc) is 2.14. The van der Waals surface area contributed by atoms with E-state index in [0.717, 1.165) is 26.2 Å². The van der Waals surface area contributed by atoms with Crippen molar-refractivity contribution in [3.63, 3.8) is 0 Å². The largest absolute Gasteiger partial charge is 0.381 e. The monoisotopic (exact) mass is 215 g/mol. The predicted octanol–water partition coefficient (Wildman–Crippen LogP) is 3.22. The molecule has 2 nitrogen and oxygen atoms in total. The summed E-state index contributed by atoms with van der Waals surface area (Å²) in [5.41, 5.74) is 0.410. The second-order valence-electron chi connectivity index (χ2n) is 5.44. The van der Waals surface area contributed by atoms with Crippen molar-refractivity contribution in [3.8, 4) is 0 Å². The Morgan fingerprint density at radius 1 is 0.933 bits per heavy atom. The van der Waals surface area contributed by atoms with Crippen LogP contribution in [0.15, 0.2) is 0 Å². The molecule has 0 aromatic rings. The van der Waals surface area contributed by atoms with Crippen molar-refractivity contribution in [2.45, 2.75) is 52.9 Å². The fraction of sp³-hybridized carbons (Fsp3) is 1.00. The van der Waals surface area contributed by atoms with Gasteiger partial charge in [-0.15, -0.1) is 0 Å². The Kier molecular flexibility index (Phi) is 9.12. The summed E-state index contributed by atoms with van der Waals surface area (Å²) in [5, 5.41) is 3.16.